The monoisotopic (exact) mass is 312 g/mol. The second-order valence-corrected chi connectivity index (χ2v) is 6.48. The van der Waals surface area contributed by atoms with Crippen LogP contribution in [0.1, 0.15) is 9.75 Å². The van der Waals surface area contributed by atoms with Crippen LogP contribution in [0.15, 0.2) is 24.3 Å². The molecule has 0 aliphatic heterocycles. The van der Waals surface area contributed by atoms with E-state index in [9.17, 15) is 4.39 Å². The van der Waals surface area contributed by atoms with Crippen LogP contribution >= 0.6 is 35.2 Å². The van der Waals surface area contributed by atoms with E-state index in [2.05, 4.69) is 24.0 Å². The Morgan fingerprint density at radius 2 is 2.21 bits per heavy atom. The number of hydrogen-bond acceptors (Lipinski definition) is 2. The number of imidazole rings is 1. The number of aromatic nitrogens is 2. The highest BCUT2D eigenvalue weighted by molar-refractivity contribution is 7.71. The summed E-state index contributed by atoms with van der Waals surface area (Å²) >= 11 is 12.9. The molecule has 2 nitrogen and oxygen atoms in total. The van der Waals surface area contributed by atoms with E-state index >= 15 is 0 Å². The summed E-state index contributed by atoms with van der Waals surface area (Å²) in [6, 6.07) is 7.14. The first-order chi connectivity index (χ1) is 9.04. The molecule has 0 radical (unpaired) electrons. The van der Waals surface area contributed by atoms with Gasteiger partial charge in [0.25, 0.3) is 0 Å². The SMILES string of the molecule is Cc1ccc(Cn2c(=S)[nH]c3cc(F)c(Cl)cc32)s1. The lowest BCUT2D eigenvalue weighted by Gasteiger charge is -2.03. The summed E-state index contributed by atoms with van der Waals surface area (Å²) < 4.78 is 15.9. The Bertz CT molecular complexity index is 816. The minimum atomic E-state index is -0.440. The van der Waals surface area contributed by atoms with Crippen molar-refractivity contribution in [3.8, 4) is 0 Å². The minimum absolute atomic E-state index is 0.109. The summed E-state index contributed by atoms with van der Waals surface area (Å²) in [5.74, 6) is -0.440. The highest BCUT2D eigenvalue weighted by atomic mass is 35.5. The van der Waals surface area contributed by atoms with E-state index in [-0.39, 0.29) is 5.02 Å². The van der Waals surface area contributed by atoms with Crippen molar-refractivity contribution >= 4 is 46.2 Å². The van der Waals surface area contributed by atoms with Crippen LogP contribution in [-0.2, 0) is 6.54 Å². The van der Waals surface area contributed by atoms with E-state index in [0.29, 0.717) is 16.8 Å². The number of hydrogen-bond donors (Lipinski definition) is 1. The molecule has 98 valence electrons. The van der Waals surface area contributed by atoms with Crippen LogP contribution in [0.25, 0.3) is 11.0 Å². The van der Waals surface area contributed by atoms with Gasteiger partial charge in [-0.2, -0.15) is 0 Å². The number of halogens is 2. The molecular formula is C13H10ClFN2S2. The number of nitrogens with one attached hydrogen (secondary N) is 1. The number of fused-ring (bicyclic) bond motifs is 1. The molecule has 3 aromatic rings. The maximum Gasteiger partial charge on any atom is 0.178 e. The fourth-order valence-corrected chi connectivity index (χ4v) is 3.34. The third-order valence-corrected chi connectivity index (χ3v) is 4.52. The third kappa shape index (κ3) is 2.33. The Morgan fingerprint density at radius 1 is 1.42 bits per heavy atom. The molecule has 0 spiro atoms. The van der Waals surface area contributed by atoms with Crippen LogP contribution in [0.2, 0.25) is 5.02 Å². The molecule has 6 heteroatoms. The molecule has 0 aliphatic rings. The Kier molecular flexibility index (Phi) is 3.20. The number of aryl methyl sites for hydroxylation is 1. The smallest absolute Gasteiger partial charge is 0.178 e. The molecule has 0 bridgehead atoms. The van der Waals surface area contributed by atoms with Crippen LogP contribution in [0.3, 0.4) is 0 Å². The molecule has 3 rings (SSSR count). The van der Waals surface area contributed by atoms with Crippen molar-refractivity contribution in [1.82, 2.24) is 9.55 Å². The maximum absolute atomic E-state index is 13.4. The Morgan fingerprint density at radius 3 is 2.89 bits per heavy atom. The van der Waals surface area contributed by atoms with Crippen LogP contribution in [0, 0.1) is 17.5 Å². The summed E-state index contributed by atoms with van der Waals surface area (Å²) in [5, 5.41) is 0.109. The van der Waals surface area contributed by atoms with Crippen molar-refractivity contribution in [2.75, 3.05) is 0 Å². The number of aromatic amines is 1. The van der Waals surface area contributed by atoms with E-state index in [1.54, 1.807) is 17.4 Å². The number of H-pyrrole nitrogens is 1. The quantitative estimate of drug-likeness (QED) is 0.667. The van der Waals surface area contributed by atoms with Crippen LogP contribution in [-0.4, -0.2) is 9.55 Å². The van der Waals surface area contributed by atoms with Gasteiger partial charge in [-0.3, -0.25) is 0 Å². The number of rotatable bonds is 2. The zero-order valence-corrected chi connectivity index (χ0v) is 12.4. The van der Waals surface area contributed by atoms with Crippen molar-refractivity contribution < 1.29 is 4.39 Å². The second kappa shape index (κ2) is 4.74. The minimum Gasteiger partial charge on any atom is -0.330 e. The fraction of sp³-hybridized carbons (Fsp3) is 0.154. The maximum atomic E-state index is 13.4. The van der Waals surface area contributed by atoms with Crippen molar-refractivity contribution in [2.24, 2.45) is 0 Å². The molecule has 0 aliphatic carbocycles. The predicted molar refractivity (Wildman–Crippen MR) is 80.2 cm³/mol. The molecule has 19 heavy (non-hydrogen) atoms. The lowest BCUT2D eigenvalue weighted by Crippen LogP contribution is -1.97. The first kappa shape index (κ1) is 12.8. The van der Waals surface area contributed by atoms with Gasteiger partial charge in [0, 0.05) is 15.8 Å². The van der Waals surface area contributed by atoms with Crippen LogP contribution < -0.4 is 0 Å². The molecule has 0 atom stereocenters. The molecule has 2 heterocycles. The van der Waals surface area contributed by atoms with E-state index < -0.39 is 5.82 Å². The topological polar surface area (TPSA) is 20.7 Å². The molecule has 1 aromatic carbocycles. The van der Waals surface area contributed by atoms with Gasteiger partial charge in [-0.15, -0.1) is 11.3 Å². The van der Waals surface area contributed by atoms with E-state index in [1.807, 2.05) is 4.57 Å². The van der Waals surface area contributed by atoms with E-state index in [0.717, 1.165) is 5.52 Å². The molecule has 0 amide bonds. The second-order valence-electron chi connectivity index (χ2n) is 4.31. The largest absolute Gasteiger partial charge is 0.330 e. The summed E-state index contributed by atoms with van der Waals surface area (Å²) in [7, 11) is 0. The zero-order valence-electron chi connectivity index (χ0n) is 10.0. The van der Waals surface area contributed by atoms with Gasteiger partial charge in [0.15, 0.2) is 4.77 Å². The zero-order chi connectivity index (χ0) is 13.6. The molecule has 0 fully saturated rings. The van der Waals surface area contributed by atoms with Crippen LogP contribution in [0.4, 0.5) is 4.39 Å². The molecule has 0 unspecified atom stereocenters. The van der Waals surface area contributed by atoms with Crippen molar-refractivity contribution in [3.63, 3.8) is 0 Å². The van der Waals surface area contributed by atoms with Gasteiger partial charge in [0.1, 0.15) is 5.82 Å². The highest BCUT2D eigenvalue weighted by Crippen LogP contribution is 2.25. The first-order valence-corrected chi connectivity index (χ1v) is 7.28. The van der Waals surface area contributed by atoms with E-state index in [1.165, 1.54) is 15.8 Å². The van der Waals surface area contributed by atoms with Gasteiger partial charge < -0.3 is 9.55 Å². The summed E-state index contributed by atoms with van der Waals surface area (Å²) in [4.78, 5) is 5.46. The summed E-state index contributed by atoms with van der Waals surface area (Å²) in [5.41, 5.74) is 1.49. The van der Waals surface area contributed by atoms with Crippen molar-refractivity contribution in [3.05, 3.63) is 49.6 Å². The van der Waals surface area contributed by atoms with Crippen molar-refractivity contribution in [1.29, 1.82) is 0 Å². The number of thiophene rings is 1. The highest BCUT2D eigenvalue weighted by Gasteiger charge is 2.10. The van der Waals surface area contributed by atoms with Gasteiger partial charge in [0.2, 0.25) is 0 Å². The average Bonchev–Trinajstić information content (AvgIpc) is 2.87. The molecule has 1 N–H and O–H groups in total. The standard InChI is InChI=1S/C13H10ClFN2S2/c1-7-2-3-8(19-7)6-17-12-4-9(14)10(15)5-11(12)16-13(17)18/h2-5H,6H2,1H3,(H,16,18). The van der Waals surface area contributed by atoms with E-state index in [4.69, 9.17) is 23.8 Å². The number of nitrogens with zero attached hydrogens (tertiary/aromatic N) is 1. The predicted octanol–water partition coefficient (Wildman–Crippen LogP) is 4.91. The number of benzene rings is 1. The first-order valence-electron chi connectivity index (χ1n) is 5.67. The lowest BCUT2D eigenvalue weighted by molar-refractivity contribution is 0.629. The Balaban J connectivity index is 2.15. The van der Waals surface area contributed by atoms with Crippen molar-refractivity contribution in [2.45, 2.75) is 13.5 Å². The Hall–Kier alpha value is -1.17. The van der Waals surface area contributed by atoms with Gasteiger partial charge in [-0.1, -0.05) is 11.6 Å². The molecular weight excluding hydrogens is 303 g/mol. The molecule has 2 aromatic heterocycles. The Labute approximate surface area is 123 Å². The lowest BCUT2D eigenvalue weighted by atomic mass is 10.3. The van der Waals surface area contributed by atoms with Gasteiger partial charge in [-0.05, 0) is 37.3 Å². The third-order valence-electron chi connectivity index (χ3n) is 2.93. The molecule has 0 saturated heterocycles. The fourth-order valence-electron chi connectivity index (χ4n) is 2.03. The average molecular weight is 313 g/mol. The summed E-state index contributed by atoms with van der Waals surface area (Å²) in [6.07, 6.45) is 0. The van der Waals surface area contributed by atoms with Crippen LogP contribution in [0.5, 0.6) is 0 Å². The van der Waals surface area contributed by atoms with Gasteiger partial charge >= 0.3 is 0 Å². The van der Waals surface area contributed by atoms with Gasteiger partial charge in [-0.25, -0.2) is 4.39 Å². The van der Waals surface area contributed by atoms with Gasteiger partial charge in [0.05, 0.1) is 22.6 Å². The summed E-state index contributed by atoms with van der Waals surface area (Å²) in [6.45, 7) is 2.73. The normalized spacial score (nSPS) is 11.3. The molecule has 0 saturated carbocycles.